The maximum atomic E-state index is 15.6. The molecule has 4 N–H and O–H groups in total. The number of unbranched alkanes of at least 4 members (excludes halogenated alkanes) is 1. The molecule has 0 unspecified atom stereocenters. The van der Waals surface area contributed by atoms with Crippen LogP contribution in [-0.4, -0.2) is 83.8 Å². The summed E-state index contributed by atoms with van der Waals surface area (Å²) in [4.78, 5) is 40.6. The first-order valence-electron chi connectivity index (χ1n) is 12.1. The molecular weight excluding hydrogens is 498 g/mol. The number of hydrogen-bond acceptors (Lipinski definition) is 11. The minimum Gasteiger partial charge on any atom is -0.463 e. The second-order valence-electron chi connectivity index (χ2n) is 9.35. The lowest BCUT2D eigenvalue weighted by Gasteiger charge is -2.34. The number of amides is 1. The fourth-order valence-corrected chi connectivity index (χ4v) is 3.26. The quantitative estimate of drug-likeness (QED) is 0.213. The van der Waals surface area contributed by atoms with Gasteiger partial charge in [0.1, 0.15) is 24.6 Å². The number of halogens is 2. The van der Waals surface area contributed by atoms with Crippen LogP contribution in [0.3, 0.4) is 0 Å². The van der Waals surface area contributed by atoms with Gasteiger partial charge < -0.3 is 34.7 Å². The average molecular weight is 535 g/mol. The summed E-state index contributed by atoms with van der Waals surface area (Å²) in [5, 5.41) is 12.7. The number of aliphatic hydroxyl groups excluding tert-OH is 1. The van der Waals surface area contributed by atoms with Crippen molar-refractivity contribution < 1.29 is 47.2 Å². The van der Waals surface area contributed by atoms with E-state index in [1.807, 2.05) is 6.92 Å². The highest BCUT2D eigenvalue weighted by Gasteiger charge is 2.64. The second kappa shape index (κ2) is 13.1. The molecule has 0 saturated carbocycles. The summed E-state index contributed by atoms with van der Waals surface area (Å²) in [5.74, 6) is -6.68. The summed E-state index contributed by atoms with van der Waals surface area (Å²) in [6, 6.07) is -1.18. The highest BCUT2D eigenvalue weighted by Crippen LogP contribution is 2.41. The number of nitrogens with two attached hydrogens (primary N) is 1. The fraction of sp³-hybridized carbons (Fsp3) is 0.739. The van der Waals surface area contributed by atoms with E-state index in [1.165, 1.54) is 0 Å². The first kappa shape index (κ1) is 30.4. The van der Waals surface area contributed by atoms with Gasteiger partial charge in [-0.3, -0.25) is 14.9 Å². The molecule has 0 radical (unpaired) electrons. The zero-order valence-corrected chi connectivity index (χ0v) is 21.6. The molecule has 2 aliphatic heterocycles. The summed E-state index contributed by atoms with van der Waals surface area (Å²) < 4.78 is 51.6. The number of rotatable bonds is 10. The molecule has 0 bridgehead atoms. The first-order valence-corrected chi connectivity index (χ1v) is 12.1. The monoisotopic (exact) mass is 534 g/mol. The number of carbonyl (C=O) groups is 3. The molecule has 1 saturated heterocycles. The van der Waals surface area contributed by atoms with Crippen molar-refractivity contribution >= 4 is 23.9 Å². The van der Waals surface area contributed by atoms with E-state index < -0.39 is 73.2 Å². The summed E-state index contributed by atoms with van der Waals surface area (Å²) in [5.41, 5.74) is 5.76. The standard InChI is InChI=1S/C23H36F2N4O8/c1-6-7-10-34-22(33)28-15-8-9-29(21(32)27-15)20-23(24,25)17(37-19(31)16(26)12(2)3)14(36-20)11-35-18(30)13(4)5/h8-9,12-14,16-17,20-21,32H,6-7,10-11,26H2,1-5H3,(H,27,28,33)/t14-,16-,17-,20-,21-/m1/s1. The lowest BCUT2D eigenvalue weighted by atomic mass is 10.0. The zero-order valence-electron chi connectivity index (χ0n) is 21.6. The largest absolute Gasteiger partial charge is 0.463 e. The predicted molar refractivity (Wildman–Crippen MR) is 126 cm³/mol. The third kappa shape index (κ3) is 7.82. The van der Waals surface area contributed by atoms with E-state index in [0.717, 1.165) is 18.7 Å². The van der Waals surface area contributed by atoms with Crippen molar-refractivity contribution in [2.45, 2.75) is 84.2 Å². The smallest absolute Gasteiger partial charge is 0.412 e. The van der Waals surface area contributed by atoms with Gasteiger partial charge in [0.15, 0.2) is 6.10 Å². The van der Waals surface area contributed by atoms with E-state index in [4.69, 9.17) is 24.7 Å². The maximum absolute atomic E-state index is 15.6. The molecule has 37 heavy (non-hydrogen) atoms. The van der Waals surface area contributed by atoms with Crippen LogP contribution in [-0.2, 0) is 28.5 Å². The molecule has 2 aliphatic rings. The van der Waals surface area contributed by atoms with Crippen molar-refractivity contribution in [3.63, 3.8) is 0 Å². The van der Waals surface area contributed by atoms with Crippen molar-refractivity contribution in [1.82, 2.24) is 10.2 Å². The maximum Gasteiger partial charge on any atom is 0.412 e. The lowest BCUT2D eigenvalue weighted by Crippen LogP contribution is -2.53. The Morgan fingerprint density at radius 2 is 1.92 bits per heavy atom. The molecule has 5 atom stereocenters. The van der Waals surface area contributed by atoms with Crippen molar-refractivity contribution in [2.24, 2.45) is 22.6 Å². The molecule has 0 aromatic rings. The van der Waals surface area contributed by atoms with Gasteiger partial charge in [-0.1, -0.05) is 41.0 Å². The lowest BCUT2D eigenvalue weighted by molar-refractivity contribution is -0.196. The van der Waals surface area contributed by atoms with Crippen LogP contribution < -0.4 is 11.1 Å². The van der Waals surface area contributed by atoms with E-state index in [9.17, 15) is 19.5 Å². The number of carbonyl (C=O) groups excluding carboxylic acids is 3. The van der Waals surface area contributed by atoms with Crippen LogP contribution in [0.4, 0.5) is 13.6 Å². The Labute approximate surface area is 214 Å². The van der Waals surface area contributed by atoms with Crippen LogP contribution in [0.15, 0.2) is 17.3 Å². The molecule has 1 amide bonds. The third-order valence-electron chi connectivity index (χ3n) is 5.60. The van der Waals surface area contributed by atoms with Crippen LogP contribution in [0.25, 0.3) is 0 Å². The van der Waals surface area contributed by atoms with Gasteiger partial charge in [0.2, 0.25) is 12.6 Å². The Morgan fingerprint density at radius 3 is 2.49 bits per heavy atom. The summed E-state index contributed by atoms with van der Waals surface area (Å²) in [7, 11) is 0. The van der Waals surface area contributed by atoms with E-state index in [0.29, 0.717) is 11.3 Å². The first-order chi connectivity index (χ1) is 17.3. The molecule has 210 valence electrons. The van der Waals surface area contributed by atoms with E-state index >= 15 is 8.78 Å². The molecule has 1 fully saturated rings. The predicted octanol–water partition coefficient (Wildman–Crippen LogP) is 1.47. The van der Waals surface area contributed by atoms with Gasteiger partial charge in [-0.25, -0.2) is 9.79 Å². The summed E-state index contributed by atoms with van der Waals surface area (Å²) in [6.45, 7) is 7.84. The molecule has 2 rings (SSSR count). The third-order valence-corrected chi connectivity index (χ3v) is 5.60. The van der Waals surface area contributed by atoms with Gasteiger partial charge in [-0.2, -0.15) is 8.78 Å². The van der Waals surface area contributed by atoms with Crippen LogP contribution in [0, 0.1) is 11.8 Å². The molecule has 0 aromatic carbocycles. The molecule has 12 nitrogen and oxygen atoms in total. The highest BCUT2D eigenvalue weighted by atomic mass is 19.3. The van der Waals surface area contributed by atoms with Crippen LogP contribution in [0.5, 0.6) is 0 Å². The van der Waals surface area contributed by atoms with Gasteiger partial charge in [0.05, 0.1) is 12.5 Å². The van der Waals surface area contributed by atoms with Crippen LogP contribution >= 0.6 is 0 Å². The normalized spacial score (nSPS) is 25.6. The number of esters is 2. The number of amidine groups is 1. The number of nitrogens with one attached hydrogen (secondary N) is 1. The zero-order chi connectivity index (χ0) is 27.9. The molecular formula is C23H36F2N4O8. The number of alkyl carbamates (subject to hydrolysis) is 1. The Morgan fingerprint density at radius 1 is 1.24 bits per heavy atom. The fourth-order valence-electron chi connectivity index (χ4n) is 3.26. The van der Waals surface area contributed by atoms with E-state index in [2.05, 4.69) is 10.3 Å². The summed E-state index contributed by atoms with van der Waals surface area (Å²) >= 11 is 0. The van der Waals surface area contributed by atoms with E-state index in [-0.39, 0.29) is 12.4 Å². The van der Waals surface area contributed by atoms with E-state index in [1.54, 1.807) is 27.7 Å². The topological polar surface area (TPSA) is 162 Å². The molecule has 0 aliphatic carbocycles. The minimum absolute atomic E-state index is 0.125. The van der Waals surface area contributed by atoms with Gasteiger partial charge in [-0.15, -0.1) is 0 Å². The van der Waals surface area contributed by atoms with Crippen LogP contribution in [0.2, 0.25) is 0 Å². The number of aliphatic imine (C=N–C) groups is 1. The molecule has 0 aromatic heterocycles. The Hall–Kier alpha value is -2.84. The Kier molecular flexibility index (Phi) is 10.8. The molecule has 14 heteroatoms. The molecule has 2 heterocycles. The van der Waals surface area contributed by atoms with Crippen molar-refractivity contribution in [1.29, 1.82) is 0 Å². The van der Waals surface area contributed by atoms with Crippen molar-refractivity contribution in [3.05, 3.63) is 12.3 Å². The van der Waals surface area contributed by atoms with Crippen LogP contribution in [0.1, 0.15) is 47.5 Å². The summed E-state index contributed by atoms with van der Waals surface area (Å²) in [6.07, 6.45) is -4.93. The van der Waals surface area contributed by atoms with Crippen molar-refractivity contribution in [3.8, 4) is 0 Å². The number of nitrogens with zero attached hydrogens (tertiary/aromatic N) is 2. The second-order valence-corrected chi connectivity index (χ2v) is 9.35. The van der Waals surface area contributed by atoms with Gasteiger partial charge in [0, 0.05) is 6.20 Å². The van der Waals surface area contributed by atoms with Gasteiger partial charge in [-0.05, 0) is 18.4 Å². The Bertz CT molecular complexity index is 883. The average Bonchev–Trinajstić information content (AvgIpc) is 3.06. The minimum atomic E-state index is -3.88. The van der Waals surface area contributed by atoms with Crippen molar-refractivity contribution in [2.75, 3.05) is 13.2 Å². The van der Waals surface area contributed by atoms with Gasteiger partial charge in [0.25, 0.3) is 0 Å². The highest BCUT2D eigenvalue weighted by molar-refractivity contribution is 6.02. The van der Waals surface area contributed by atoms with Gasteiger partial charge >= 0.3 is 24.0 Å². The molecule has 0 spiro atoms. The Balaban J connectivity index is 2.19. The number of aliphatic hydroxyl groups is 1. The number of alkyl halides is 2. The number of hydrogen-bond donors (Lipinski definition) is 3. The number of ether oxygens (including phenoxy) is 4. The SMILES string of the molecule is CCCCOC(=O)NC1=N[C@@H](O)N([C@@H]2O[C@H](COC(=O)C(C)C)[C@@H](OC(=O)[C@H](N)C(C)C)C2(F)F)C=C1.